The van der Waals surface area contributed by atoms with Gasteiger partial charge in [-0.05, 0) is 36.3 Å². The van der Waals surface area contributed by atoms with Crippen LogP contribution in [0.25, 0.3) is 0 Å². The van der Waals surface area contributed by atoms with Crippen LogP contribution in [0, 0.1) is 44.1 Å². The van der Waals surface area contributed by atoms with Crippen molar-refractivity contribution in [3.63, 3.8) is 0 Å². The van der Waals surface area contributed by atoms with Crippen molar-refractivity contribution in [3.8, 4) is 12.1 Å². The summed E-state index contributed by atoms with van der Waals surface area (Å²) in [7, 11) is 0. The van der Waals surface area contributed by atoms with E-state index < -0.39 is 10.3 Å². The van der Waals surface area contributed by atoms with Gasteiger partial charge < -0.3 is 0 Å². The van der Waals surface area contributed by atoms with E-state index in [2.05, 4.69) is 24.3 Å². The monoisotopic (exact) mass is 319 g/mol. The molecule has 120 valence electrons. The maximum atomic E-state index is 10.8. The summed E-state index contributed by atoms with van der Waals surface area (Å²) in [6, 6.07) is 11.1. The first-order valence-electron chi connectivity index (χ1n) is 8.05. The third-order valence-corrected chi connectivity index (χ3v) is 5.05. The maximum Gasteiger partial charge on any atom is 0.269 e. The lowest BCUT2D eigenvalue weighted by Gasteiger charge is -2.33. The summed E-state index contributed by atoms with van der Waals surface area (Å²) in [4.78, 5) is 10.4. The molecule has 0 N–H and O–H groups in total. The molecule has 5 heteroatoms. The molecule has 1 aromatic rings. The largest absolute Gasteiger partial charge is 0.269 e. The van der Waals surface area contributed by atoms with Crippen molar-refractivity contribution in [2.45, 2.75) is 31.6 Å². The molecule has 0 radical (unpaired) electrons. The molecule has 5 nitrogen and oxygen atoms in total. The van der Waals surface area contributed by atoms with E-state index >= 15 is 0 Å². The zero-order valence-corrected chi connectivity index (χ0v) is 13.2. The third-order valence-electron chi connectivity index (χ3n) is 5.05. The number of nitro groups is 1. The van der Waals surface area contributed by atoms with Crippen molar-refractivity contribution in [1.82, 2.24) is 0 Å². The van der Waals surface area contributed by atoms with Crippen LogP contribution in [0.3, 0.4) is 0 Å². The van der Waals surface area contributed by atoms with Crippen LogP contribution in [0.15, 0.2) is 48.1 Å². The average molecular weight is 319 g/mol. The van der Waals surface area contributed by atoms with E-state index in [1.165, 1.54) is 12.1 Å². The fraction of sp³-hybridized carbons (Fsp3) is 0.368. The Morgan fingerprint density at radius 2 is 1.92 bits per heavy atom. The molecule has 0 fully saturated rings. The van der Waals surface area contributed by atoms with Crippen LogP contribution in [0.5, 0.6) is 0 Å². The molecule has 0 aliphatic heterocycles. The fourth-order valence-electron chi connectivity index (χ4n) is 3.82. The second-order valence-corrected chi connectivity index (χ2v) is 6.33. The molecule has 0 aromatic heterocycles. The number of benzene rings is 1. The Hall–Kier alpha value is -2.92. The van der Waals surface area contributed by atoms with Crippen molar-refractivity contribution < 1.29 is 4.92 Å². The molecule has 0 amide bonds. The Bertz CT molecular complexity index is 779. The zero-order chi connectivity index (χ0) is 17.2. The molecule has 2 aliphatic carbocycles. The van der Waals surface area contributed by atoms with Crippen molar-refractivity contribution in [2.75, 3.05) is 0 Å². The smallest absolute Gasteiger partial charge is 0.258 e. The van der Waals surface area contributed by atoms with E-state index in [0.29, 0.717) is 6.42 Å². The van der Waals surface area contributed by atoms with Crippen LogP contribution >= 0.6 is 0 Å². The number of nitriles is 2. The van der Waals surface area contributed by atoms with Gasteiger partial charge in [0.25, 0.3) is 5.69 Å². The Kier molecular flexibility index (Phi) is 4.18. The number of hydrogen-bond acceptors (Lipinski definition) is 4. The zero-order valence-electron chi connectivity index (χ0n) is 13.2. The van der Waals surface area contributed by atoms with Gasteiger partial charge in [0.2, 0.25) is 0 Å². The second-order valence-electron chi connectivity index (χ2n) is 6.33. The summed E-state index contributed by atoms with van der Waals surface area (Å²) < 4.78 is 0. The van der Waals surface area contributed by atoms with Crippen molar-refractivity contribution in [1.29, 1.82) is 10.5 Å². The molecule has 0 spiro atoms. The second kappa shape index (κ2) is 6.29. The van der Waals surface area contributed by atoms with Crippen molar-refractivity contribution in [3.05, 3.63) is 63.7 Å². The van der Waals surface area contributed by atoms with E-state index in [-0.39, 0.29) is 17.5 Å². The molecule has 24 heavy (non-hydrogen) atoms. The molecule has 0 heterocycles. The predicted octanol–water partition coefficient (Wildman–Crippen LogP) is 4.40. The standard InChI is InChI=1S/C19H17N3O2/c20-12-19(13-21)11-3-5-16(17-4-1-2-6-18(17)19)14-7-9-15(10-8-14)22(23)24/h3,5-10,16-17H,1-2,4,11H2/t16-,17-/m0/s1. The lowest BCUT2D eigenvalue weighted by molar-refractivity contribution is -0.384. The van der Waals surface area contributed by atoms with Gasteiger partial charge in [-0.3, -0.25) is 10.1 Å². The minimum atomic E-state index is -1.09. The summed E-state index contributed by atoms with van der Waals surface area (Å²) in [6.45, 7) is 0. The molecule has 0 saturated carbocycles. The molecular formula is C19H17N3O2. The predicted molar refractivity (Wildman–Crippen MR) is 88.7 cm³/mol. The normalized spacial score (nSPS) is 24.7. The number of nitrogens with zero attached hydrogens (tertiary/aromatic N) is 3. The summed E-state index contributed by atoms with van der Waals surface area (Å²) in [5.41, 5.74) is 0.893. The Balaban J connectivity index is 2.03. The van der Waals surface area contributed by atoms with Gasteiger partial charge in [0.1, 0.15) is 0 Å². The molecular weight excluding hydrogens is 302 g/mol. The summed E-state index contributed by atoms with van der Waals surface area (Å²) in [5, 5.41) is 30.1. The number of fused-ring (bicyclic) bond motifs is 1. The summed E-state index contributed by atoms with van der Waals surface area (Å²) in [6.07, 6.45) is 9.27. The van der Waals surface area contributed by atoms with Gasteiger partial charge in [-0.25, -0.2) is 0 Å². The van der Waals surface area contributed by atoms with Crippen LogP contribution in [0.4, 0.5) is 5.69 Å². The quantitative estimate of drug-likeness (QED) is 0.459. The number of rotatable bonds is 2. The molecule has 3 rings (SSSR count). The highest BCUT2D eigenvalue weighted by Crippen LogP contribution is 2.49. The molecule has 2 atom stereocenters. The first-order chi connectivity index (χ1) is 11.6. The molecule has 0 saturated heterocycles. The van der Waals surface area contributed by atoms with Crippen LogP contribution in [0.1, 0.15) is 37.2 Å². The van der Waals surface area contributed by atoms with Crippen LogP contribution in [-0.2, 0) is 0 Å². The highest BCUT2D eigenvalue weighted by molar-refractivity contribution is 5.44. The minimum Gasteiger partial charge on any atom is -0.258 e. The maximum absolute atomic E-state index is 10.8. The molecule has 0 bridgehead atoms. The molecule has 2 aliphatic rings. The minimum absolute atomic E-state index is 0.0425. The van der Waals surface area contributed by atoms with Crippen LogP contribution < -0.4 is 0 Å². The Morgan fingerprint density at radius 1 is 1.21 bits per heavy atom. The summed E-state index contributed by atoms with van der Waals surface area (Å²) >= 11 is 0. The number of nitro benzene ring substituents is 1. The third kappa shape index (κ3) is 2.59. The first-order valence-corrected chi connectivity index (χ1v) is 8.05. The van der Waals surface area contributed by atoms with E-state index in [1.807, 2.05) is 6.08 Å². The van der Waals surface area contributed by atoms with Gasteiger partial charge in [-0.2, -0.15) is 10.5 Å². The van der Waals surface area contributed by atoms with Crippen molar-refractivity contribution >= 4 is 5.69 Å². The topological polar surface area (TPSA) is 90.7 Å². The van der Waals surface area contributed by atoms with Gasteiger partial charge >= 0.3 is 0 Å². The van der Waals surface area contributed by atoms with Gasteiger partial charge in [0.05, 0.1) is 17.1 Å². The lowest BCUT2D eigenvalue weighted by atomic mass is 9.67. The van der Waals surface area contributed by atoms with E-state index in [0.717, 1.165) is 30.4 Å². The van der Waals surface area contributed by atoms with E-state index in [9.17, 15) is 20.6 Å². The Labute approximate surface area is 140 Å². The van der Waals surface area contributed by atoms with Crippen molar-refractivity contribution in [2.24, 2.45) is 11.3 Å². The molecule has 0 unspecified atom stereocenters. The fourth-order valence-corrected chi connectivity index (χ4v) is 3.82. The van der Waals surface area contributed by atoms with Gasteiger partial charge in [0.15, 0.2) is 5.41 Å². The highest BCUT2D eigenvalue weighted by Gasteiger charge is 2.43. The van der Waals surface area contributed by atoms with E-state index in [1.54, 1.807) is 12.1 Å². The lowest BCUT2D eigenvalue weighted by Crippen LogP contribution is -2.27. The highest BCUT2D eigenvalue weighted by atomic mass is 16.6. The SMILES string of the molecule is N#CC1(C#N)CC=C[C@@H](c2ccc([N+](=O)[O-])cc2)[C@@H]2CCCC=C21. The van der Waals surface area contributed by atoms with E-state index in [4.69, 9.17) is 0 Å². The first kappa shape index (κ1) is 16.0. The number of hydrogen-bond donors (Lipinski definition) is 0. The number of allylic oxidation sites excluding steroid dienone is 4. The van der Waals surface area contributed by atoms with Gasteiger partial charge in [-0.1, -0.05) is 30.4 Å². The van der Waals surface area contributed by atoms with Crippen LogP contribution in [-0.4, -0.2) is 4.92 Å². The van der Waals surface area contributed by atoms with Gasteiger partial charge in [-0.15, -0.1) is 0 Å². The molecule has 1 aromatic carbocycles. The average Bonchev–Trinajstić information content (AvgIpc) is 2.79. The number of non-ortho nitro benzene ring substituents is 1. The summed E-state index contributed by atoms with van der Waals surface area (Å²) in [5.74, 6) is 0.138. The van der Waals surface area contributed by atoms with Gasteiger partial charge in [0, 0.05) is 24.5 Å². The Morgan fingerprint density at radius 3 is 2.54 bits per heavy atom. The van der Waals surface area contributed by atoms with Crippen LogP contribution in [0.2, 0.25) is 0 Å².